The Kier molecular flexibility index (Phi) is 5.54. The zero-order valence-corrected chi connectivity index (χ0v) is 16.4. The summed E-state index contributed by atoms with van der Waals surface area (Å²) < 4.78 is 27.8. The predicted octanol–water partition coefficient (Wildman–Crippen LogP) is 2.93. The number of nitro benzene ring substituents is 1. The molecule has 0 saturated carbocycles. The highest BCUT2D eigenvalue weighted by molar-refractivity contribution is 9.11. The van der Waals surface area contributed by atoms with Crippen LogP contribution in [0.25, 0.3) is 0 Å². The van der Waals surface area contributed by atoms with E-state index in [1.807, 2.05) is 6.07 Å². The van der Waals surface area contributed by atoms with Gasteiger partial charge in [0.2, 0.25) is 0 Å². The summed E-state index contributed by atoms with van der Waals surface area (Å²) in [6.45, 7) is 2.57. The Bertz CT molecular complexity index is 876. The molecule has 0 spiro atoms. The minimum atomic E-state index is -3.45. The standard InChI is InChI=1S/C15H16BrN3O4S2/c16-14-4-5-15(24-14)25(22,23)18-8-6-17(7-9-18)11-12-2-1-3-13(10-12)19(20)21/h1-5,10H,6-9,11H2. The lowest BCUT2D eigenvalue weighted by Gasteiger charge is -2.33. The summed E-state index contributed by atoms with van der Waals surface area (Å²) >= 11 is 4.50. The van der Waals surface area contributed by atoms with Crippen LogP contribution in [-0.2, 0) is 16.6 Å². The van der Waals surface area contributed by atoms with Crippen molar-refractivity contribution in [2.45, 2.75) is 10.8 Å². The first kappa shape index (κ1) is 18.5. The van der Waals surface area contributed by atoms with Crippen LogP contribution in [-0.4, -0.2) is 48.7 Å². The number of piperazine rings is 1. The van der Waals surface area contributed by atoms with Crippen molar-refractivity contribution in [1.82, 2.24) is 9.21 Å². The molecular formula is C15H16BrN3O4S2. The van der Waals surface area contributed by atoms with Crippen LogP contribution in [0.4, 0.5) is 5.69 Å². The van der Waals surface area contributed by atoms with E-state index in [4.69, 9.17) is 0 Å². The lowest BCUT2D eigenvalue weighted by Crippen LogP contribution is -2.48. The van der Waals surface area contributed by atoms with E-state index in [9.17, 15) is 18.5 Å². The molecule has 0 atom stereocenters. The normalized spacial score (nSPS) is 16.8. The zero-order chi connectivity index (χ0) is 18.0. The van der Waals surface area contributed by atoms with Crippen molar-refractivity contribution in [2.24, 2.45) is 0 Å². The minimum absolute atomic E-state index is 0.0713. The molecule has 1 aliphatic rings. The van der Waals surface area contributed by atoms with Crippen molar-refractivity contribution < 1.29 is 13.3 Å². The summed E-state index contributed by atoms with van der Waals surface area (Å²) in [6.07, 6.45) is 0. The Morgan fingerprint density at radius 3 is 2.48 bits per heavy atom. The molecule has 2 heterocycles. The third kappa shape index (κ3) is 4.26. The van der Waals surface area contributed by atoms with Gasteiger partial charge in [0, 0.05) is 44.9 Å². The molecule has 0 aliphatic carbocycles. The molecule has 3 rings (SSSR count). The van der Waals surface area contributed by atoms with Gasteiger partial charge < -0.3 is 0 Å². The van der Waals surface area contributed by atoms with Crippen molar-refractivity contribution in [1.29, 1.82) is 0 Å². The number of nitrogens with zero attached hydrogens (tertiary/aromatic N) is 3. The molecule has 0 amide bonds. The second-order valence-electron chi connectivity index (χ2n) is 5.67. The molecule has 2 aromatic rings. The van der Waals surface area contributed by atoms with Crippen molar-refractivity contribution in [3.05, 3.63) is 55.9 Å². The molecule has 0 radical (unpaired) electrons. The zero-order valence-electron chi connectivity index (χ0n) is 13.2. The molecule has 134 valence electrons. The first-order chi connectivity index (χ1) is 11.9. The van der Waals surface area contributed by atoms with Crippen molar-refractivity contribution in [3.63, 3.8) is 0 Å². The molecule has 25 heavy (non-hydrogen) atoms. The van der Waals surface area contributed by atoms with Crippen LogP contribution < -0.4 is 0 Å². The topological polar surface area (TPSA) is 83.8 Å². The number of rotatable bonds is 5. The molecular weight excluding hydrogens is 430 g/mol. The van der Waals surface area contributed by atoms with Gasteiger partial charge in [-0.1, -0.05) is 12.1 Å². The highest BCUT2D eigenvalue weighted by Crippen LogP contribution is 2.29. The molecule has 1 aliphatic heterocycles. The largest absolute Gasteiger partial charge is 0.296 e. The quantitative estimate of drug-likeness (QED) is 0.521. The lowest BCUT2D eigenvalue weighted by molar-refractivity contribution is -0.384. The summed E-state index contributed by atoms with van der Waals surface area (Å²) in [6, 6.07) is 9.89. The number of benzene rings is 1. The summed E-state index contributed by atoms with van der Waals surface area (Å²) in [5.41, 5.74) is 0.926. The maximum absolute atomic E-state index is 12.6. The number of halogens is 1. The van der Waals surface area contributed by atoms with E-state index in [-0.39, 0.29) is 5.69 Å². The van der Waals surface area contributed by atoms with Crippen LogP contribution in [0.3, 0.4) is 0 Å². The van der Waals surface area contributed by atoms with E-state index >= 15 is 0 Å². The third-order valence-corrected chi connectivity index (χ3v) is 7.99. The first-order valence-electron chi connectivity index (χ1n) is 7.57. The fourth-order valence-electron chi connectivity index (χ4n) is 2.72. The predicted molar refractivity (Wildman–Crippen MR) is 99.2 cm³/mol. The highest BCUT2D eigenvalue weighted by Gasteiger charge is 2.29. The fourth-order valence-corrected chi connectivity index (χ4v) is 6.30. The Morgan fingerprint density at radius 2 is 1.88 bits per heavy atom. The number of hydrogen-bond donors (Lipinski definition) is 0. The van der Waals surface area contributed by atoms with Crippen LogP contribution in [0.15, 0.2) is 44.4 Å². The molecule has 0 N–H and O–H groups in total. The fraction of sp³-hybridized carbons (Fsp3) is 0.333. The first-order valence-corrected chi connectivity index (χ1v) is 10.6. The second kappa shape index (κ2) is 7.50. The molecule has 0 unspecified atom stereocenters. The van der Waals surface area contributed by atoms with Gasteiger partial charge in [-0.15, -0.1) is 11.3 Å². The molecule has 1 aromatic carbocycles. The third-order valence-electron chi connectivity index (χ3n) is 4.00. The van der Waals surface area contributed by atoms with Gasteiger partial charge in [0.1, 0.15) is 4.21 Å². The molecule has 1 aromatic heterocycles. The molecule has 0 bridgehead atoms. The van der Waals surface area contributed by atoms with Gasteiger partial charge >= 0.3 is 0 Å². The summed E-state index contributed by atoms with van der Waals surface area (Å²) in [4.78, 5) is 12.5. The maximum Gasteiger partial charge on any atom is 0.269 e. The van der Waals surface area contributed by atoms with Crippen molar-refractivity contribution >= 4 is 43.0 Å². The number of nitro groups is 1. The summed E-state index contributed by atoms with van der Waals surface area (Å²) in [5, 5.41) is 10.9. The Labute approximate surface area is 158 Å². The van der Waals surface area contributed by atoms with Crippen LogP contribution in [0, 0.1) is 10.1 Å². The molecule has 1 saturated heterocycles. The monoisotopic (exact) mass is 445 g/mol. The van der Waals surface area contributed by atoms with Gasteiger partial charge in [0.25, 0.3) is 15.7 Å². The van der Waals surface area contributed by atoms with E-state index in [2.05, 4.69) is 20.8 Å². The lowest BCUT2D eigenvalue weighted by atomic mass is 10.2. The molecule has 1 fully saturated rings. The Balaban J connectivity index is 1.62. The van der Waals surface area contributed by atoms with E-state index in [1.165, 1.54) is 21.7 Å². The SMILES string of the molecule is O=[N+]([O-])c1cccc(CN2CCN(S(=O)(=O)c3ccc(Br)s3)CC2)c1. The van der Waals surface area contributed by atoms with Gasteiger partial charge in [-0.25, -0.2) is 8.42 Å². The van der Waals surface area contributed by atoms with Crippen LogP contribution in [0.5, 0.6) is 0 Å². The second-order valence-corrected chi connectivity index (χ2v) is 10.3. The van der Waals surface area contributed by atoms with Crippen molar-refractivity contribution in [3.8, 4) is 0 Å². The van der Waals surface area contributed by atoms with E-state index in [1.54, 1.807) is 24.3 Å². The number of sulfonamides is 1. The van der Waals surface area contributed by atoms with Gasteiger partial charge in [-0.05, 0) is 33.6 Å². The van der Waals surface area contributed by atoms with Crippen LogP contribution in [0.2, 0.25) is 0 Å². The van der Waals surface area contributed by atoms with Crippen molar-refractivity contribution in [2.75, 3.05) is 26.2 Å². The number of hydrogen-bond acceptors (Lipinski definition) is 6. The Morgan fingerprint density at radius 1 is 1.16 bits per heavy atom. The van der Waals surface area contributed by atoms with E-state index < -0.39 is 14.9 Å². The van der Waals surface area contributed by atoms with E-state index in [0.717, 1.165) is 9.35 Å². The van der Waals surface area contributed by atoms with Gasteiger partial charge in [0.15, 0.2) is 0 Å². The number of thiophene rings is 1. The van der Waals surface area contributed by atoms with Gasteiger partial charge in [-0.3, -0.25) is 15.0 Å². The van der Waals surface area contributed by atoms with Crippen LogP contribution in [0.1, 0.15) is 5.56 Å². The molecule has 10 heteroatoms. The highest BCUT2D eigenvalue weighted by atomic mass is 79.9. The minimum Gasteiger partial charge on any atom is -0.296 e. The molecule has 7 nitrogen and oxygen atoms in total. The maximum atomic E-state index is 12.6. The van der Waals surface area contributed by atoms with E-state index in [0.29, 0.717) is 36.9 Å². The van der Waals surface area contributed by atoms with Gasteiger partial charge in [0.05, 0.1) is 8.71 Å². The Hall–Kier alpha value is -1.33. The average molecular weight is 446 g/mol. The summed E-state index contributed by atoms with van der Waals surface area (Å²) in [7, 11) is -3.45. The summed E-state index contributed by atoms with van der Waals surface area (Å²) in [5.74, 6) is 0. The smallest absolute Gasteiger partial charge is 0.269 e. The van der Waals surface area contributed by atoms with Gasteiger partial charge in [-0.2, -0.15) is 4.31 Å². The number of non-ortho nitro benzene ring substituents is 1. The van der Waals surface area contributed by atoms with Crippen LogP contribution >= 0.6 is 27.3 Å². The average Bonchev–Trinajstić information content (AvgIpc) is 3.03.